The molecule has 4 heterocycles. The van der Waals surface area contributed by atoms with E-state index < -0.39 is 18.2 Å². The lowest BCUT2D eigenvalue weighted by atomic mass is 10.0. The summed E-state index contributed by atoms with van der Waals surface area (Å²) in [6, 6.07) is 28.6. The number of ether oxygens (including phenoxy) is 2. The third-order valence-corrected chi connectivity index (χ3v) is 12.6. The molecule has 13 heteroatoms. The van der Waals surface area contributed by atoms with E-state index >= 15 is 0 Å². The number of carbonyl (C=O) groups excluding carboxylic acids is 4. The van der Waals surface area contributed by atoms with Gasteiger partial charge in [-0.05, 0) is 77.5 Å². The lowest BCUT2D eigenvalue weighted by molar-refractivity contribution is -0.138. The predicted molar refractivity (Wildman–Crippen MR) is 236 cm³/mol. The van der Waals surface area contributed by atoms with E-state index in [0.29, 0.717) is 37.9 Å². The zero-order chi connectivity index (χ0) is 43.5. The maximum absolute atomic E-state index is 14.3. The van der Waals surface area contributed by atoms with Crippen LogP contribution in [-0.2, 0) is 23.9 Å². The fourth-order valence-electron chi connectivity index (χ4n) is 9.06. The number of methoxy groups -OCH3 is 2. The first-order chi connectivity index (χ1) is 30.0. The number of rotatable bonds is 14. The van der Waals surface area contributed by atoms with Gasteiger partial charge in [-0.25, -0.2) is 9.78 Å². The van der Waals surface area contributed by atoms with E-state index in [-0.39, 0.29) is 47.6 Å². The number of aromatic nitrogens is 3. The number of nitrogens with zero attached hydrogens (tertiary/aromatic N) is 3. The van der Waals surface area contributed by atoms with Crippen molar-refractivity contribution in [2.24, 2.45) is 23.7 Å². The number of imidazole rings is 1. The molecule has 2 aromatic heterocycles. The van der Waals surface area contributed by atoms with Crippen LogP contribution >= 0.6 is 0 Å². The second-order valence-corrected chi connectivity index (χ2v) is 17.6. The molecule has 4 amide bonds. The molecule has 3 fully saturated rings. The molecule has 2 saturated heterocycles. The highest BCUT2D eigenvalue weighted by Gasteiger charge is 2.42. The number of nitrogens with one attached hydrogen (secondary N) is 4. The third kappa shape index (κ3) is 9.18. The second kappa shape index (κ2) is 18.4. The van der Waals surface area contributed by atoms with Gasteiger partial charge in [0.1, 0.15) is 17.9 Å². The Kier molecular flexibility index (Phi) is 12.6. The first kappa shape index (κ1) is 42.5. The lowest BCUT2D eigenvalue weighted by Gasteiger charge is -2.30. The van der Waals surface area contributed by atoms with Crippen LogP contribution in [0, 0.1) is 23.7 Å². The van der Waals surface area contributed by atoms with E-state index in [1.165, 1.54) is 7.11 Å². The Bertz CT molecular complexity index is 2350. The number of alkyl carbamates (subject to hydrolysis) is 1. The van der Waals surface area contributed by atoms with Crippen molar-refractivity contribution in [2.75, 3.05) is 33.9 Å². The van der Waals surface area contributed by atoms with Crippen molar-refractivity contribution < 1.29 is 28.7 Å². The largest absolute Gasteiger partial charge is 0.453 e. The van der Waals surface area contributed by atoms with Crippen LogP contribution in [0.25, 0.3) is 33.6 Å². The van der Waals surface area contributed by atoms with Gasteiger partial charge in [0.05, 0.1) is 37.7 Å². The second-order valence-electron chi connectivity index (χ2n) is 17.6. The number of carbonyl (C=O) groups is 4. The number of hydrogen-bond donors (Lipinski definition) is 4. The molecule has 5 aromatic rings. The van der Waals surface area contributed by atoms with Gasteiger partial charge in [-0.15, -0.1) is 0 Å². The molecule has 0 radical (unpaired) electrons. The number of benzene rings is 3. The molecular formula is C49H57N7O6. The first-order valence-corrected chi connectivity index (χ1v) is 21.8. The summed E-state index contributed by atoms with van der Waals surface area (Å²) in [6.45, 7) is 7.60. The van der Waals surface area contributed by atoms with Gasteiger partial charge in [0, 0.05) is 43.4 Å². The summed E-state index contributed by atoms with van der Waals surface area (Å²) in [6.07, 6.45) is 4.43. The summed E-state index contributed by atoms with van der Waals surface area (Å²) >= 11 is 0. The molecule has 1 saturated carbocycles. The predicted octanol–water partition coefficient (Wildman–Crippen LogP) is 7.83. The van der Waals surface area contributed by atoms with E-state index in [2.05, 4.69) is 88.2 Å². The molecule has 6 atom stereocenters. The summed E-state index contributed by atoms with van der Waals surface area (Å²) in [4.78, 5) is 68.8. The summed E-state index contributed by atoms with van der Waals surface area (Å²) < 4.78 is 10.3. The average molecular weight is 840 g/mol. The summed E-state index contributed by atoms with van der Waals surface area (Å²) in [5.41, 5.74) is 7.74. The molecule has 8 rings (SSSR count). The van der Waals surface area contributed by atoms with Crippen molar-refractivity contribution in [1.82, 2.24) is 35.4 Å². The minimum atomic E-state index is -0.737. The van der Waals surface area contributed by atoms with Crippen LogP contribution in [0.5, 0.6) is 0 Å². The Morgan fingerprint density at radius 2 is 1.39 bits per heavy atom. The van der Waals surface area contributed by atoms with Gasteiger partial charge in [0.25, 0.3) is 0 Å². The average Bonchev–Trinajstić information content (AvgIpc) is 3.61. The Hall–Kier alpha value is -6.21. The maximum atomic E-state index is 14.3. The molecule has 13 nitrogen and oxygen atoms in total. The molecule has 0 spiro atoms. The van der Waals surface area contributed by atoms with Crippen molar-refractivity contribution >= 4 is 23.8 Å². The van der Waals surface area contributed by atoms with Crippen molar-refractivity contribution in [1.29, 1.82) is 0 Å². The number of aromatic amines is 2. The highest BCUT2D eigenvalue weighted by Crippen LogP contribution is 2.40. The Labute approximate surface area is 363 Å². The molecular weight excluding hydrogens is 783 g/mol. The molecule has 62 heavy (non-hydrogen) atoms. The van der Waals surface area contributed by atoms with Crippen molar-refractivity contribution in [2.45, 2.75) is 70.6 Å². The minimum absolute atomic E-state index is 0.00340. The van der Waals surface area contributed by atoms with Gasteiger partial charge >= 0.3 is 6.09 Å². The molecule has 3 aliphatic rings. The highest BCUT2D eigenvalue weighted by atomic mass is 16.5. The van der Waals surface area contributed by atoms with Crippen molar-refractivity contribution in [3.05, 3.63) is 114 Å². The third-order valence-electron chi connectivity index (χ3n) is 12.6. The standard InChI is InChI=1S/C49H57N7O6/c1-29(2)43(54-49(60)62-5)47(58)56-27-31(28-61-4)24-42(56)45-50-25-40(52-45)35-17-13-33(14-18-35)32-11-15-34(16-12-32)38-21-22-39(51-38)41-23-30(3)26-55(41)48(59)44(36-9-7-6-8-10-36)53-46(57)37-19-20-37/h6-18,21-22,25,29-31,37,41-44,51H,19-20,23-24,26-28H2,1-5H3,(H,50,52)(H,53,57)(H,54,60)/t30-,31?,41-,42-,43-,44+/m0/s1. The molecule has 4 N–H and O–H groups in total. The molecule has 1 unspecified atom stereocenters. The Morgan fingerprint density at radius 3 is 2.02 bits per heavy atom. The highest BCUT2D eigenvalue weighted by molar-refractivity contribution is 5.91. The Balaban J connectivity index is 0.943. The molecule has 3 aromatic carbocycles. The van der Waals surface area contributed by atoms with Gasteiger partial charge < -0.3 is 39.9 Å². The monoisotopic (exact) mass is 839 g/mol. The summed E-state index contributed by atoms with van der Waals surface area (Å²) in [7, 11) is 2.95. The topological polar surface area (TPSA) is 162 Å². The van der Waals surface area contributed by atoms with E-state index in [0.717, 1.165) is 64.2 Å². The molecule has 0 bridgehead atoms. The van der Waals surface area contributed by atoms with Crippen LogP contribution in [-0.4, -0.2) is 88.5 Å². The van der Waals surface area contributed by atoms with E-state index in [4.69, 9.17) is 14.5 Å². The van der Waals surface area contributed by atoms with E-state index in [1.54, 1.807) is 18.2 Å². The van der Waals surface area contributed by atoms with Gasteiger partial charge in [-0.3, -0.25) is 14.4 Å². The quantitative estimate of drug-likeness (QED) is 0.0887. The summed E-state index contributed by atoms with van der Waals surface area (Å²) in [5, 5.41) is 5.80. The normalized spacial score (nSPS) is 20.9. The smallest absolute Gasteiger partial charge is 0.407 e. The lowest BCUT2D eigenvalue weighted by Crippen LogP contribution is -2.51. The van der Waals surface area contributed by atoms with Crippen LogP contribution < -0.4 is 10.6 Å². The van der Waals surface area contributed by atoms with Crippen LogP contribution in [0.1, 0.15) is 81.7 Å². The number of hydrogen-bond acceptors (Lipinski definition) is 7. The fourth-order valence-corrected chi connectivity index (χ4v) is 9.06. The van der Waals surface area contributed by atoms with Gasteiger partial charge in [0.15, 0.2) is 0 Å². The Morgan fingerprint density at radius 1 is 0.742 bits per heavy atom. The van der Waals surface area contributed by atoms with Crippen LogP contribution in [0.2, 0.25) is 0 Å². The number of amides is 4. The molecule has 324 valence electrons. The summed E-state index contributed by atoms with van der Waals surface area (Å²) in [5.74, 6) is 0.696. The van der Waals surface area contributed by atoms with Crippen LogP contribution in [0.4, 0.5) is 4.79 Å². The number of H-pyrrole nitrogens is 2. The minimum Gasteiger partial charge on any atom is -0.453 e. The van der Waals surface area contributed by atoms with E-state index in [9.17, 15) is 19.2 Å². The SMILES string of the molecule is COCC1C[C@@H](c2ncc(-c3ccc(-c4ccc(-c5ccc([C@@H]6C[C@H](C)CN6C(=O)[C@H](NC(=O)C6CC6)c6ccccc6)[nH]5)cc4)cc3)[nH]2)N(C(=O)[C@@H](NC(=O)OC)C(C)C)C1. The molecule has 2 aliphatic heterocycles. The maximum Gasteiger partial charge on any atom is 0.407 e. The van der Waals surface area contributed by atoms with Gasteiger partial charge in [-0.1, -0.05) is 99.6 Å². The van der Waals surface area contributed by atoms with Crippen LogP contribution in [0.3, 0.4) is 0 Å². The van der Waals surface area contributed by atoms with Crippen LogP contribution in [0.15, 0.2) is 97.2 Å². The first-order valence-electron chi connectivity index (χ1n) is 21.8. The van der Waals surface area contributed by atoms with Gasteiger partial charge in [-0.2, -0.15) is 0 Å². The number of likely N-dealkylation sites (tertiary alicyclic amines) is 2. The zero-order valence-electron chi connectivity index (χ0n) is 36.1. The van der Waals surface area contributed by atoms with Gasteiger partial charge in [0.2, 0.25) is 17.7 Å². The van der Waals surface area contributed by atoms with Crippen molar-refractivity contribution in [3.8, 4) is 33.6 Å². The van der Waals surface area contributed by atoms with Crippen molar-refractivity contribution in [3.63, 3.8) is 0 Å². The van der Waals surface area contributed by atoms with E-state index in [1.807, 2.05) is 49.1 Å². The zero-order valence-corrected chi connectivity index (χ0v) is 36.1. The fraction of sp³-hybridized carbons (Fsp3) is 0.408. The molecule has 1 aliphatic carbocycles.